The first kappa shape index (κ1) is 9.86. The Labute approximate surface area is 58.0 Å². The third-order valence-electron chi connectivity index (χ3n) is 0.769. The number of alkyl halides is 3. The lowest BCUT2D eigenvalue weighted by Crippen LogP contribution is -2.40. The van der Waals surface area contributed by atoms with Gasteiger partial charge in [-0.1, -0.05) is 0 Å². The lowest BCUT2D eigenvalue weighted by atomic mass is 10.4. The fraction of sp³-hybridized carbons (Fsp3) is 1.00. The van der Waals surface area contributed by atoms with Crippen molar-refractivity contribution in [3.63, 3.8) is 0 Å². The molecule has 0 aliphatic rings. The molecule has 2 unspecified atom stereocenters. The van der Waals surface area contributed by atoms with Crippen LogP contribution in [0.4, 0.5) is 13.2 Å². The minimum absolute atomic E-state index is 0.758. The van der Waals surface area contributed by atoms with Crippen molar-refractivity contribution in [3.05, 3.63) is 0 Å². The summed E-state index contributed by atoms with van der Waals surface area (Å²) in [4.78, 5) is 0. The maximum absolute atomic E-state index is 11.5. The molecule has 2 N–H and O–H groups in total. The Morgan fingerprint density at radius 3 is 2.10 bits per heavy atom. The van der Waals surface area contributed by atoms with Gasteiger partial charge in [-0.15, -0.1) is 0 Å². The van der Waals surface area contributed by atoms with Gasteiger partial charge in [0, 0.05) is 0 Å². The molecule has 0 amide bonds. The van der Waals surface area contributed by atoms with Gasteiger partial charge < -0.3 is 0 Å². The molecular weight excluding hydrogens is 171 g/mol. The second-order valence-electron chi connectivity index (χ2n) is 1.63. The molecule has 62 valence electrons. The van der Waals surface area contributed by atoms with Gasteiger partial charge in [0.25, 0.3) is 0 Å². The topological polar surface area (TPSA) is 49.3 Å². The molecule has 0 aromatic heterocycles. The van der Waals surface area contributed by atoms with Crippen LogP contribution in [0.2, 0.25) is 0 Å². The average molecular weight is 177 g/mol. The fourth-order valence-corrected chi connectivity index (χ4v) is 0.654. The van der Waals surface area contributed by atoms with E-state index in [1.165, 1.54) is 4.72 Å². The second-order valence-corrected chi connectivity index (χ2v) is 2.36. The smallest absolute Gasteiger partial charge is 0.294 e. The predicted molar refractivity (Wildman–Crippen MR) is 29.4 cm³/mol. The molecule has 0 aromatic rings. The van der Waals surface area contributed by atoms with Gasteiger partial charge in [0.2, 0.25) is 11.3 Å². The third-order valence-corrected chi connectivity index (χ3v) is 1.32. The molecule has 0 fully saturated rings. The zero-order valence-corrected chi connectivity index (χ0v) is 5.79. The van der Waals surface area contributed by atoms with Crippen molar-refractivity contribution in [1.82, 2.24) is 4.72 Å². The number of hydrogen-bond acceptors (Lipinski definition) is 1. The summed E-state index contributed by atoms with van der Waals surface area (Å²) in [6, 6.07) is -1.96. The van der Waals surface area contributed by atoms with Gasteiger partial charge >= 0.3 is 6.18 Å². The Balaban J connectivity index is 3.85. The molecule has 7 heteroatoms. The average Bonchev–Trinajstić information content (AvgIpc) is 1.60. The normalized spacial score (nSPS) is 18.5. The number of rotatable bonds is 2. The summed E-state index contributed by atoms with van der Waals surface area (Å²) < 4.78 is 53.6. The zero-order chi connectivity index (χ0) is 8.36. The summed E-state index contributed by atoms with van der Waals surface area (Å²) in [7, 11) is 0. The minimum atomic E-state index is -4.47. The molecule has 0 radical (unpaired) electrons. The van der Waals surface area contributed by atoms with Crippen molar-refractivity contribution in [1.29, 1.82) is 0 Å². The van der Waals surface area contributed by atoms with E-state index in [0.29, 0.717) is 0 Å². The van der Waals surface area contributed by atoms with E-state index in [4.69, 9.17) is 4.55 Å². The molecule has 0 saturated carbocycles. The highest BCUT2D eigenvalue weighted by molar-refractivity contribution is 7.77. The van der Waals surface area contributed by atoms with Gasteiger partial charge in [0.05, 0.1) is 0 Å². The summed E-state index contributed by atoms with van der Waals surface area (Å²) in [5.74, 6) is 0. The van der Waals surface area contributed by atoms with Crippen LogP contribution in [-0.4, -0.2) is 21.0 Å². The highest BCUT2D eigenvalue weighted by Crippen LogP contribution is 2.19. The Morgan fingerprint density at radius 1 is 1.60 bits per heavy atom. The van der Waals surface area contributed by atoms with Crippen LogP contribution in [0.1, 0.15) is 6.92 Å². The van der Waals surface area contributed by atoms with Crippen LogP contribution in [-0.2, 0) is 11.3 Å². The van der Waals surface area contributed by atoms with Crippen LogP contribution in [0.5, 0.6) is 0 Å². The molecule has 0 aliphatic carbocycles. The van der Waals surface area contributed by atoms with Gasteiger partial charge in [-0.25, -0.2) is 8.93 Å². The van der Waals surface area contributed by atoms with Crippen LogP contribution in [0.25, 0.3) is 0 Å². The van der Waals surface area contributed by atoms with E-state index in [-0.39, 0.29) is 0 Å². The van der Waals surface area contributed by atoms with E-state index < -0.39 is 23.5 Å². The first-order chi connectivity index (χ1) is 4.34. The molecule has 0 rings (SSSR count). The Morgan fingerprint density at radius 2 is 2.00 bits per heavy atom. The number of hydrogen-bond donors (Lipinski definition) is 2. The molecule has 2 atom stereocenters. The second kappa shape index (κ2) is 3.31. The molecular formula is C3H6F3NO2S. The SMILES string of the molecule is CC(NS(=O)O)C(F)(F)F. The standard InChI is InChI=1S/C3H6F3NO2S/c1-2(3(4,5)6)7-10(8)9/h2,7H,1H3,(H,8,9). The number of halogens is 3. The lowest BCUT2D eigenvalue weighted by molar-refractivity contribution is -0.147. The molecule has 0 spiro atoms. The zero-order valence-electron chi connectivity index (χ0n) is 4.97. The fourth-order valence-electron chi connectivity index (χ4n) is 0.218. The van der Waals surface area contributed by atoms with Crippen molar-refractivity contribution in [2.45, 2.75) is 19.1 Å². The number of nitrogens with one attached hydrogen (secondary N) is 1. The molecule has 0 saturated heterocycles. The summed E-state index contributed by atoms with van der Waals surface area (Å²) in [5, 5.41) is 0. The van der Waals surface area contributed by atoms with Crippen molar-refractivity contribution >= 4 is 11.3 Å². The van der Waals surface area contributed by atoms with Gasteiger partial charge in [0.1, 0.15) is 6.04 Å². The molecule has 0 aromatic carbocycles. The molecule has 0 bridgehead atoms. The van der Waals surface area contributed by atoms with E-state index in [1.807, 2.05) is 0 Å². The maximum Gasteiger partial charge on any atom is 0.404 e. The molecule has 0 heterocycles. The highest BCUT2D eigenvalue weighted by Gasteiger charge is 2.36. The third kappa shape index (κ3) is 3.80. The summed E-state index contributed by atoms with van der Waals surface area (Å²) in [5.41, 5.74) is 0. The van der Waals surface area contributed by atoms with E-state index in [1.54, 1.807) is 0 Å². The molecule has 3 nitrogen and oxygen atoms in total. The summed E-state index contributed by atoms with van der Waals surface area (Å²) in [6.07, 6.45) is -4.47. The van der Waals surface area contributed by atoms with Crippen LogP contribution in [0.15, 0.2) is 0 Å². The molecule has 0 aliphatic heterocycles. The van der Waals surface area contributed by atoms with Gasteiger partial charge in [0.15, 0.2) is 0 Å². The predicted octanol–water partition coefficient (Wildman–Crippen LogP) is 0.664. The van der Waals surface area contributed by atoms with Crippen LogP contribution in [0, 0.1) is 0 Å². The van der Waals surface area contributed by atoms with Gasteiger partial charge in [-0.2, -0.15) is 13.2 Å². The van der Waals surface area contributed by atoms with E-state index >= 15 is 0 Å². The lowest BCUT2D eigenvalue weighted by Gasteiger charge is -2.13. The quantitative estimate of drug-likeness (QED) is 0.609. The first-order valence-electron chi connectivity index (χ1n) is 2.28. The van der Waals surface area contributed by atoms with Crippen molar-refractivity contribution < 1.29 is 21.9 Å². The van der Waals surface area contributed by atoms with E-state index in [0.717, 1.165) is 6.92 Å². The highest BCUT2D eigenvalue weighted by atomic mass is 32.2. The Bertz CT molecular complexity index is 136. The maximum atomic E-state index is 11.5. The van der Waals surface area contributed by atoms with Crippen LogP contribution >= 0.6 is 0 Å². The van der Waals surface area contributed by atoms with Crippen molar-refractivity contribution in [2.24, 2.45) is 0 Å². The van der Waals surface area contributed by atoms with Crippen molar-refractivity contribution in [2.75, 3.05) is 0 Å². The van der Waals surface area contributed by atoms with Gasteiger partial charge in [-0.05, 0) is 6.92 Å². The van der Waals surface area contributed by atoms with E-state index in [2.05, 4.69) is 0 Å². The Kier molecular flexibility index (Phi) is 3.26. The summed E-state index contributed by atoms with van der Waals surface area (Å²) >= 11 is -2.61. The first-order valence-corrected chi connectivity index (χ1v) is 3.38. The Hall–Kier alpha value is -0.140. The van der Waals surface area contributed by atoms with Crippen LogP contribution < -0.4 is 4.72 Å². The van der Waals surface area contributed by atoms with Crippen molar-refractivity contribution in [3.8, 4) is 0 Å². The molecule has 10 heavy (non-hydrogen) atoms. The monoisotopic (exact) mass is 177 g/mol. The summed E-state index contributed by atoms with van der Waals surface area (Å²) in [6.45, 7) is 0.758. The van der Waals surface area contributed by atoms with Crippen LogP contribution in [0.3, 0.4) is 0 Å². The minimum Gasteiger partial charge on any atom is -0.294 e. The van der Waals surface area contributed by atoms with Gasteiger partial charge in [-0.3, -0.25) is 4.55 Å². The largest absolute Gasteiger partial charge is 0.404 e. The van der Waals surface area contributed by atoms with E-state index in [9.17, 15) is 17.4 Å².